The molecule has 0 amide bonds. The van der Waals surface area contributed by atoms with E-state index in [0.29, 0.717) is 6.07 Å². The smallest absolute Gasteiger partial charge is 0.326 e. The zero-order chi connectivity index (χ0) is 16.9. The van der Waals surface area contributed by atoms with Gasteiger partial charge in [-0.3, -0.25) is 25.0 Å². The summed E-state index contributed by atoms with van der Waals surface area (Å²) in [5.74, 6) is -2.61. The normalized spacial score (nSPS) is 11.5. The molecule has 0 fully saturated rings. The summed E-state index contributed by atoms with van der Waals surface area (Å²) < 4.78 is 0. The summed E-state index contributed by atoms with van der Waals surface area (Å²) in [4.78, 5) is 41.3. The van der Waals surface area contributed by atoms with Crippen molar-refractivity contribution in [3.63, 3.8) is 0 Å². The van der Waals surface area contributed by atoms with Crippen LogP contribution in [0.5, 0.6) is 0 Å². The molecule has 1 aromatic rings. The first-order valence-corrected chi connectivity index (χ1v) is 5.86. The maximum absolute atomic E-state index is 11.0. The quantitative estimate of drug-likeness (QED) is 0.471. The lowest BCUT2D eigenvalue weighted by Crippen LogP contribution is -2.30. The van der Waals surface area contributed by atoms with Crippen LogP contribution in [0.25, 0.3) is 0 Å². The van der Waals surface area contributed by atoms with Gasteiger partial charge in [0, 0.05) is 12.5 Å². The number of nitro groups is 2. The Bertz CT molecular complexity index is 630. The summed E-state index contributed by atoms with van der Waals surface area (Å²) in [6, 6.07) is 1.30. The molecule has 118 valence electrons. The standard InChI is InChI=1S/C11H11N3O8/c15-10(16)4-3-8(11(17)18)12-7-2-1-6(13(19)20)5-9(7)14(21)22/h1-2,5,8,12H,3-4H2,(H,15,16)(H,17,18)/t8-/m0/s1. The number of aliphatic carboxylic acids is 2. The number of benzene rings is 1. The highest BCUT2D eigenvalue weighted by molar-refractivity contribution is 5.80. The van der Waals surface area contributed by atoms with Crippen LogP contribution >= 0.6 is 0 Å². The molecular formula is C11H11N3O8. The highest BCUT2D eigenvalue weighted by Crippen LogP contribution is 2.29. The molecule has 0 unspecified atom stereocenters. The molecule has 0 heterocycles. The minimum absolute atomic E-state index is 0.242. The fraction of sp³-hybridized carbons (Fsp3) is 0.273. The van der Waals surface area contributed by atoms with Crippen LogP contribution in [0.1, 0.15) is 12.8 Å². The number of carboxylic acid groups (broad SMARTS) is 2. The Labute approximate surface area is 122 Å². The van der Waals surface area contributed by atoms with Crippen molar-refractivity contribution in [3.05, 3.63) is 38.4 Å². The van der Waals surface area contributed by atoms with Crippen LogP contribution in [0.2, 0.25) is 0 Å². The van der Waals surface area contributed by atoms with E-state index >= 15 is 0 Å². The van der Waals surface area contributed by atoms with Crippen LogP contribution in [0.4, 0.5) is 17.1 Å². The first-order chi connectivity index (χ1) is 10.2. The van der Waals surface area contributed by atoms with E-state index in [-0.39, 0.29) is 12.1 Å². The molecule has 0 saturated carbocycles. The predicted octanol–water partition coefficient (Wildman–Crippen LogP) is 1.23. The van der Waals surface area contributed by atoms with E-state index in [0.717, 1.165) is 12.1 Å². The van der Waals surface area contributed by atoms with Crippen molar-refractivity contribution >= 4 is 29.0 Å². The number of carbonyl (C=O) groups is 2. The minimum atomic E-state index is -1.39. The second kappa shape index (κ2) is 6.97. The van der Waals surface area contributed by atoms with E-state index in [1.54, 1.807) is 0 Å². The first-order valence-electron chi connectivity index (χ1n) is 5.86. The van der Waals surface area contributed by atoms with E-state index in [4.69, 9.17) is 10.2 Å². The topological polar surface area (TPSA) is 173 Å². The van der Waals surface area contributed by atoms with Gasteiger partial charge in [-0.15, -0.1) is 0 Å². The Morgan fingerprint density at radius 2 is 1.82 bits per heavy atom. The summed E-state index contributed by atoms with van der Waals surface area (Å²) in [6.07, 6.45) is -0.760. The van der Waals surface area contributed by atoms with Gasteiger partial charge in [0.1, 0.15) is 11.7 Å². The lowest BCUT2D eigenvalue weighted by atomic mass is 10.1. The average molecular weight is 313 g/mol. The number of nitrogens with one attached hydrogen (secondary N) is 1. The summed E-state index contributed by atoms with van der Waals surface area (Å²) in [5.41, 5.74) is -1.43. The number of nitro benzene ring substituents is 2. The van der Waals surface area contributed by atoms with Crippen LogP contribution in [0.3, 0.4) is 0 Å². The van der Waals surface area contributed by atoms with Gasteiger partial charge in [-0.05, 0) is 12.5 Å². The van der Waals surface area contributed by atoms with Gasteiger partial charge in [0.15, 0.2) is 0 Å². The molecule has 11 nitrogen and oxygen atoms in total. The molecule has 11 heteroatoms. The Balaban J connectivity index is 3.08. The fourth-order valence-corrected chi connectivity index (χ4v) is 1.62. The Kier molecular flexibility index (Phi) is 5.32. The van der Waals surface area contributed by atoms with E-state index in [1.807, 2.05) is 0 Å². The van der Waals surface area contributed by atoms with Crippen molar-refractivity contribution in [2.24, 2.45) is 0 Å². The number of non-ortho nitro benzene ring substituents is 1. The fourth-order valence-electron chi connectivity index (χ4n) is 1.62. The zero-order valence-corrected chi connectivity index (χ0v) is 11.0. The molecule has 1 rings (SSSR count). The highest BCUT2D eigenvalue weighted by Gasteiger charge is 2.25. The SMILES string of the molecule is O=C(O)CC[C@H](Nc1ccc([N+](=O)[O-])cc1[N+](=O)[O-])C(=O)O. The maximum atomic E-state index is 11.0. The molecule has 0 aliphatic rings. The van der Waals surface area contributed by atoms with Gasteiger partial charge in [-0.1, -0.05) is 0 Å². The van der Waals surface area contributed by atoms with Crippen LogP contribution in [-0.4, -0.2) is 38.0 Å². The summed E-state index contributed by atoms with van der Waals surface area (Å²) >= 11 is 0. The Morgan fingerprint density at radius 3 is 2.27 bits per heavy atom. The molecule has 3 N–H and O–H groups in total. The van der Waals surface area contributed by atoms with Gasteiger partial charge in [0.05, 0.1) is 15.9 Å². The lowest BCUT2D eigenvalue weighted by molar-refractivity contribution is -0.393. The van der Waals surface area contributed by atoms with Crippen LogP contribution in [0.15, 0.2) is 18.2 Å². The number of nitrogens with zero attached hydrogens (tertiary/aromatic N) is 2. The monoisotopic (exact) mass is 313 g/mol. The largest absolute Gasteiger partial charge is 0.481 e. The molecule has 0 bridgehead atoms. The summed E-state index contributed by atoms with van der Waals surface area (Å²) in [7, 11) is 0. The molecule has 0 spiro atoms. The molecular weight excluding hydrogens is 302 g/mol. The van der Waals surface area contributed by atoms with Gasteiger partial charge in [0.25, 0.3) is 11.4 Å². The highest BCUT2D eigenvalue weighted by atomic mass is 16.6. The van der Waals surface area contributed by atoms with Gasteiger partial charge < -0.3 is 15.5 Å². The third-order valence-corrected chi connectivity index (χ3v) is 2.66. The number of rotatable bonds is 8. The number of anilines is 1. The molecule has 1 aromatic carbocycles. The molecule has 0 aliphatic carbocycles. The third kappa shape index (κ3) is 4.40. The summed E-state index contributed by atoms with van der Waals surface area (Å²) in [6.45, 7) is 0. The van der Waals surface area contributed by atoms with Gasteiger partial charge in [-0.2, -0.15) is 0 Å². The average Bonchev–Trinajstić information content (AvgIpc) is 2.42. The number of carboxylic acids is 2. The van der Waals surface area contributed by atoms with Crippen molar-refractivity contribution in [3.8, 4) is 0 Å². The van der Waals surface area contributed by atoms with Crippen molar-refractivity contribution < 1.29 is 29.6 Å². The molecule has 0 saturated heterocycles. The van der Waals surface area contributed by atoms with Crippen molar-refractivity contribution in [1.29, 1.82) is 0 Å². The molecule has 0 aromatic heterocycles. The molecule has 0 radical (unpaired) electrons. The first kappa shape index (κ1) is 16.8. The van der Waals surface area contributed by atoms with Gasteiger partial charge in [-0.25, -0.2) is 4.79 Å². The van der Waals surface area contributed by atoms with Crippen LogP contribution in [0, 0.1) is 20.2 Å². The van der Waals surface area contributed by atoms with Crippen molar-refractivity contribution in [2.45, 2.75) is 18.9 Å². The predicted molar refractivity (Wildman–Crippen MR) is 71.7 cm³/mol. The van der Waals surface area contributed by atoms with Crippen LogP contribution < -0.4 is 5.32 Å². The Morgan fingerprint density at radius 1 is 1.18 bits per heavy atom. The summed E-state index contributed by atoms with van der Waals surface area (Å²) in [5, 5.41) is 41.4. The van der Waals surface area contributed by atoms with E-state index in [1.165, 1.54) is 0 Å². The molecule has 22 heavy (non-hydrogen) atoms. The lowest BCUT2D eigenvalue weighted by Gasteiger charge is -2.14. The minimum Gasteiger partial charge on any atom is -0.481 e. The van der Waals surface area contributed by atoms with E-state index < -0.39 is 45.6 Å². The van der Waals surface area contributed by atoms with Gasteiger partial charge in [0.2, 0.25) is 0 Å². The van der Waals surface area contributed by atoms with Crippen LogP contribution in [-0.2, 0) is 9.59 Å². The third-order valence-electron chi connectivity index (χ3n) is 2.66. The second-order valence-corrected chi connectivity index (χ2v) is 4.18. The Hall–Kier alpha value is -3.24. The van der Waals surface area contributed by atoms with Crippen molar-refractivity contribution in [1.82, 2.24) is 0 Å². The second-order valence-electron chi connectivity index (χ2n) is 4.18. The van der Waals surface area contributed by atoms with E-state index in [2.05, 4.69) is 5.32 Å². The van der Waals surface area contributed by atoms with Crippen molar-refractivity contribution in [2.75, 3.05) is 5.32 Å². The zero-order valence-electron chi connectivity index (χ0n) is 11.0. The molecule has 0 aliphatic heterocycles. The van der Waals surface area contributed by atoms with Gasteiger partial charge >= 0.3 is 11.9 Å². The molecule has 1 atom stereocenters. The number of hydrogen-bond acceptors (Lipinski definition) is 7. The number of hydrogen-bond donors (Lipinski definition) is 3. The maximum Gasteiger partial charge on any atom is 0.326 e. The van der Waals surface area contributed by atoms with E-state index in [9.17, 15) is 29.8 Å².